The average Bonchev–Trinajstić information content (AvgIpc) is 0. The number of hydrogen-bond acceptors (Lipinski definition) is 0. The van der Waals surface area contributed by atoms with Gasteiger partial charge in [0.25, 0.3) is 0 Å². The molecule has 0 saturated heterocycles. The second kappa shape index (κ2) is 64.9. The van der Waals surface area contributed by atoms with Crippen LogP contribution in [-0.2, 0) is 19.5 Å². The summed E-state index contributed by atoms with van der Waals surface area (Å²) in [6.45, 7) is 0. The van der Waals surface area contributed by atoms with Crippen molar-refractivity contribution in [2.24, 2.45) is 0 Å². The van der Waals surface area contributed by atoms with Crippen LogP contribution in [0.15, 0.2) is 0 Å². The second-order valence-electron chi connectivity index (χ2n) is 0. The van der Waals surface area contributed by atoms with Crippen LogP contribution in [0.2, 0.25) is 0 Å². The zero-order valence-corrected chi connectivity index (χ0v) is 13.3. The van der Waals surface area contributed by atoms with Crippen molar-refractivity contribution in [3.8, 4) is 0 Å². The third-order valence-corrected chi connectivity index (χ3v) is 0. The number of hydrogen-bond donors (Lipinski definition) is 0. The monoisotopic (exact) mass is 448 g/mol. The molecule has 42 valence electrons. The fraction of sp³-hybridized carbons (Fsp3) is 0. The molecule has 0 heterocycles. The number of rotatable bonds is 0. The third kappa shape index (κ3) is 49.6. The first-order chi connectivity index (χ1) is 0. The summed E-state index contributed by atoms with van der Waals surface area (Å²) in [5.74, 6) is 0. The Kier molecular flexibility index (Phi) is 847. The number of halogens is 5. The van der Waals surface area contributed by atoms with Crippen molar-refractivity contribution in [2.45, 2.75) is 0 Å². The molecule has 0 rings (SSSR count). The Bertz CT molecular complexity index is 8.04. The summed E-state index contributed by atoms with van der Waals surface area (Å²) < 4.78 is 0. The molecule has 2 radical (unpaired) electrons. The summed E-state index contributed by atoms with van der Waals surface area (Å²) in [6.07, 6.45) is 0. The molecular weight excluding hydrogens is 452 g/mol. The summed E-state index contributed by atoms with van der Waals surface area (Å²) in [6, 6.07) is 0. The largest absolute Gasteiger partial charge is 3.00 e. The molecule has 0 atom stereocenters. The van der Waals surface area contributed by atoms with E-state index in [1.807, 2.05) is 0 Å². The van der Waals surface area contributed by atoms with Crippen LogP contribution in [-0.4, -0.2) is 26.2 Å². The van der Waals surface area contributed by atoms with Crippen LogP contribution in [0.5, 0.6) is 0 Å². The maximum absolute atomic E-state index is 0. The molecule has 0 aromatic heterocycles. The summed E-state index contributed by atoms with van der Waals surface area (Å²) in [4.78, 5) is 0. The molecule has 0 fully saturated rings. The van der Waals surface area contributed by atoms with Crippen LogP contribution in [0.25, 0.3) is 0 Å². The fourth-order valence-corrected chi connectivity index (χ4v) is 0. The predicted octanol–water partition coefficient (Wildman–Crippen LogP) is -15.4. The van der Waals surface area contributed by atoms with E-state index in [1.165, 1.54) is 0 Å². The van der Waals surface area contributed by atoms with Gasteiger partial charge in [0, 0.05) is 0 Å². The van der Waals surface area contributed by atoms with E-state index < -0.39 is 0 Å². The van der Waals surface area contributed by atoms with Gasteiger partial charge >= 0.3 is 45.7 Å². The molecule has 0 bridgehead atoms. The second-order valence-corrected chi connectivity index (χ2v) is 0. The van der Waals surface area contributed by atoms with E-state index in [0.717, 1.165) is 0 Å². The van der Waals surface area contributed by atoms with Gasteiger partial charge in [-0.3, -0.25) is 0 Å². The van der Waals surface area contributed by atoms with Gasteiger partial charge in [-0.05, 0) is 0 Å². The van der Waals surface area contributed by atoms with Crippen molar-refractivity contribution in [3.63, 3.8) is 0 Å². The van der Waals surface area contributed by atoms with Gasteiger partial charge in [0.1, 0.15) is 0 Å². The van der Waals surface area contributed by atoms with Gasteiger partial charge in [0.05, 0.1) is 0 Å². The van der Waals surface area contributed by atoms with Crippen molar-refractivity contribution < 1.29 is 81.5 Å². The van der Waals surface area contributed by atoms with E-state index in [9.17, 15) is 0 Å². The Morgan fingerprint density at radius 2 is 0.429 bits per heavy atom. The van der Waals surface area contributed by atoms with Crippen LogP contribution < -0.4 is 62.0 Å². The van der Waals surface area contributed by atoms with E-state index in [0.29, 0.717) is 0 Å². The zero-order chi connectivity index (χ0) is 0. The normalized spacial score (nSPS) is 0. The maximum Gasteiger partial charge on any atom is 3.00 e. The van der Waals surface area contributed by atoms with Crippen LogP contribution in [0.1, 0.15) is 0 Å². The van der Waals surface area contributed by atoms with E-state index in [2.05, 4.69) is 0 Å². The molecule has 0 nitrogen and oxygen atoms in total. The van der Waals surface area contributed by atoms with Crippen LogP contribution in [0.3, 0.4) is 0 Å². The molecule has 0 amide bonds. The van der Waals surface area contributed by atoms with Gasteiger partial charge in [-0.15, -0.1) is 0 Å². The van der Waals surface area contributed by atoms with Gasteiger partial charge < -0.3 is 62.0 Å². The molecule has 7 heavy (non-hydrogen) atoms. The summed E-state index contributed by atoms with van der Waals surface area (Å²) in [5.41, 5.74) is 0. The van der Waals surface area contributed by atoms with E-state index >= 15 is 0 Å². The van der Waals surface area contributed by atoms with E-state index in [1.54, 1.807) is 0 Å². The van der Waals surface area contributed by atoms with Crippen LogP contribution in [0, 0.1) is 0 Å². The van der Waals surface area contributed by atoms with Crippen LogP contribution in [0.4, 0.5) is 0 Å². The Labute approximate surface area is 106 Å². The van der Waals surface area contributed by atoms with Gasteiger partial charge in [-0.25, -0.2) is 0 Å². The standard InChI is InChI=1S/Bi.5ClH.Zn/h;5*1H;/q+3;;;;;;+2/p-5. The molecule has 0 aliphatic heterocycles. The van der Waals surface area contributed by atoms with Crippen molar-refractivity contribution in [1.29, 1.82) is 0 Å². The topological polar surface area (TPSA) is 0 Å². The van der Waals surface area contributed by atoms with Crippen LogP contribution >= 0.6 is 0 Å². The summed E-state index contributed by atoms with van der Waals surface area (Å²) in [5, 5.41) is 0. The third-order valence-electron chi connectivity index (χ3n) is 0. The first kappa shape index (κ1) is 91.4. The molecule has 0 aliphatic carbocycles. The van der Waals surface area contributed by atoms with Gasteiger partial charge in [0.2, 0.25) is 0 Å². The minimum absolute atomic E-state index is 0. The van der Waals surface area contributed by atoms with Crippen molar-refractivity contribution in [3.05, 3.63) is 0 Å². The minimum Gasteiger partial charge on any atom is -1.00 e. The zero-order valence-electron chi connectivity index (χ0n) is 3.04. The smallest absolute Gasteiger partial charge is 1.00 e. The molecule has 0 N–H and O–H groups in total. The Morgan fingerprint density at radius 1 is 0.429 bits per heavy atom. The Morgan fingerprint density at radius 3 is 0.429 bits per heavy atom. The first-order valence-electron chi connectivity index (χ1n) is 0. The SMILES string of the molecule is [Bi+3].[Cl-].[Cl-].[Cl-].[Cl-].[Cl-].[Zn+2]. The van der Waals surface area contributed by atoms with Gasteiger partial charge in [-0.2, -0.15) is 0 Å². The molecule has 0 spiro atoms. The predicted molar refractivity (Wildman–Crippen MR) is 5.75 cm³/mol. The molecule has 0 saturated carbocycles. The molecule has 0 aromatic rings. The summed E-state index contributed by atoms with van der Waals surface area (Å²) >= 11 is 0. The minimum atomic E-state index is 0. The molecule has 7 heteroatoms. The van der Waals surface area contributed by atoms with Crippen molar-refractivity contribution in [1.82, 2.24) is 0 Å². The molecular formula is BiCl5Zn. The average molecular weight is 452 g/mol. The Balaban J connectivity index is 0. The van der Waals surface area contributed by atoms with E-state index in [4.69, 9.17) is 0 Å². The quantitative estimate of drug-likeness (QED) is 0.321. The summed E-state index contributed by atoms with van der Waals surface area (Å²) in [7, 11) is 0. The van der Waals surface area contributed by atoms with E-state index in [-0.39, 0.29) is 108 Å². The molecule has 0 aliphatic rings. The van der Waals surface area contributed by atoms with Gasteiger partial charge in [0.15, 0.2) is 0 Å². The molecule has 0 unspecified atom stereocenters. The Hall–Kier alpha value is 2.96. The fourth-order valence-electron chi connectivity index (χ4n) is 0. The molecule has 0 aromatic carbocycles. The van der Waals surface area contributed by atoms with Crippen molar-refractivity contribution in [2.75, 3.05) is 0 Å². The van der Waals surface area contributed by atoms with Gasteiger partial charge in [-0.1, -0.05) is 0 Å². The first-order valence-corrected chi connectivity index (χ1v) is 0. The van der Waals surface area contributed by atoms with Crippen molar-refractivity contribution >= 4 is 26.2 Å². The maximum atomic E-state index is 0.